The number of halogens is 1. The van der Waals surface area contributed by atoms with E-state index in [0.717, 1.165) is 5.39 Å². The molecule has 14 heavy (non-hydrogen) atoms. The summed E-state index contributed by atoms with van der Waals surface area (Å²) in [5, 5.41) is 1.38. The second-order valence-electron chi connectivity index (χ2n) is 2.67. The molecule has 2 rings (SSSR count). The lowest BCUT2D eigenvalue weighted by Crippen LogP contribution is -1.79. The Morgan fingerprint density at radius 3 is 3.00 bits per heavy atom. The lowest BCUT2D eigenvalue weighted by atomic mass is 10.2. The van der Waals surface area contributed by atoms with Gasteiger partial charge in [0.2, 0.25) is 6.08 Å². The highest BCUT2D eigenvalue weighted by Crippen LogP contribution is 2.29. The lowest BCUT2D eigenvalue weighted by molar-refractivity contribution is 0.565. The zero-order valence-corrected chi connectivity index (χ0v) is 7.82. The summed E-state index contributed by atoms with van der Waals surface area (Å²) in [4.78, 5) is 17.8. The van der Waals surface area contributed by atoms with Crippen molar-refractivity contribution in [1.82, 2.24) is 4.98 Å². The molecule has 0 unspecified atom stereocenters. The summed E-state index contributed by atoms with van der Waals surface area (Å²) >= 11 is 5.95. The Bertz CT molecular complexity index is 533. The van der Waals surface area contributed by atoms with Crippen LogP contribution in [0.2, 0.25) is 5.02 Å². The van der Waals surface area contributed by atoms with Crippen molar-refractivity contribution in [3.63, 3.8) is 0 Å². The van der Waals surface area contributed by atoms with Crippen LogP contribution in [0.3, 0.4) is 0 Å². The van der Waals surface area contributed by atoms with Crippen molar-refractivity contribution in [3.05, 3.63) is 35.5 Å². The zero-order valence-electron chi connectivity index (χ0n) is 7.07. The van der Waals surface area contributed by atoms with Crippen molar-refractivity contribution in [3.8, 4) is 0 Å². The van der Waals surface area contributed by atoms with Crippen molar-refractivity contribution in [2.45, 2.75) is 0 Å². The molecule has 1 aromatic carbocycles. The van der Waals surface area contributed by atoms with Gasteiger partial charge in [-0.3, -0.25) is 4.98 Å². The molecule has 0 aliphatic heterocycles. The fourth-order valence-electron chi connectivity index (χ4n) is 1.26. The van der Waals surface area contributed by atoms with Gasteiger partial charge in [-0.05, 0) is 24.3 Å². The first-order valence-corrected chi connectivity index (χ1v) is 4.32. The average molecular weight is 205 g/mol. The molecule has 0 bridgehead atoms. The first-order chi connectivity index (χ1) is 6.83. The molecule has 0 atom stereocenters. The van der Waals surface area contributed by atoms with E-state index in [1.807, 2.05) is 6.07 Å². The number of fused-ring (bicyclic) bond motifs is 1. The molecule has 1 heterocycles. The minimum absolute atomic E-state index is 0.486. The van der Waals surface area contributed by atoms with Crippen LogP contribution in [0, 0.1) is 0 Å². The van der Waals surface area contributed by atoms with Crippen molar-refractivity contribution < 1.29 is 4.79 Å². The van der Waals surface area contributed by atoms with Crippen LogP contribution in [-0.2, 0) is 4.79 Å². The number of carbonyl (C=O) groups excluding carboxylic acids is 1. The van der Waals surface area contributed by atoms with E-state index in [2.05, 4.69) is 9.98 Å². The summed E-state index contributed by atoms with van der Waals surface area (Å²) in [6.45, 7) is 0. The molecule has 0 aliphatic carbocycles. The maximum absolute atomic E-state index is 10.2. The average Bonchev–Trinajstić information content (AvgIpc) is 2.23. The second kappa shape index (κ2) is 3.58. The monoisotopic (exact) mass is 204 g/mol. The molecule has 0 saturated carbocycles. The third-order valence-electron chi connectivity index (χ3n) is 1.86. The predicted octanol–water partition coefficient (Wildman–Crippen LogP) is 2.86. The number of hydrogen-bond acceptors (Lipinski definition) is 3. The van der Waals surface area contributed by atoms with Crippen LogP contribution in [0.4, 0.5) is 5.69 Å². The number of pyridine rings is 1. The van der Waals surface area contributed by atoms with Gasteiger partial charge in [0, 0.05) is 11.6 Å². The summed E-state index contributed by atoms with van der Waals surface area (Å²) in [6, 6.07) is 6.93. The molecule has 0 saturated heterocycles. The van der Waals surface area contributed by atoms with E-state index in [4.69, 9.17) is 11.6 Å². The number of aliphatic imine (C=N–C) groups is 1. The van der Waals surface area contributed by atoms with Crippen LogP contribution < -0.4 is 0 Å². The molecule has 3 nitrogen and oxygen atoms in total. The summed E-state index contributed by atoms with van der Waals surface area (Å²) in [6.07, 6.45) is 3.11. The molecular formula is C10H5ClN2O. The predicted molar refractivity (Wildman–Crippen MR) is 54.5 cm³/mol. The Morgan fingerprint density at radius 1 is 1.36 bits per heavy atom. The van der Waals surface area contributed by atoms with E-state index < -0.39 is 0 Å². The number of aromatic nitrogens is 1. The SMILES string of the molecule is O=C=Nc1ccc(Cl)c2cccnc12. The Morgan fingerprint density at radius 2 is 2.21 bits per heavy atom. The van der Waals surface area contributed by atoms with Gasteiger partial charge in [-0.2, -0.15) is 4.99 Å². The second-order valence-corrected chi connectivity index (χ2v) is 3.08. The first kappa shape index (κ1) is 8.88. The summed E-state index contributed by atoms with van der Waals surface area (Å²) < 4.78 is 0. The number of rotatable bonds is 1. The first-order valence-electron chi connectivity index (χ1n) is 3.94. The highest BCUT2D eigenvalue weighted by atomic mass is 35.5. The third kappa shape index (κ3) is 1.39. The fourth-order valence-corrected chi connectivity index (χ4v) is 1.48. The number of benzene rings is 1. The quantitative estimate of drug-likeness (QED) is 0.530. The van der Waals surface area contributed by atoms with Gasteiger partial charge in [-0.15, -0.1) is 0 Å². The van der Waals surface area contributed by atoms with E-state index in [1.54, 1.807) is 24.4 Å². The normalized spacial score (nSPS) is 9.79. The van der Waals surface area contributed by atoms with Gasteiger partial charge < -0.3 is 0 Å². The molecule has 2 aromatic rings. The Labute approximate surface area is 85.1 Å². The maximum Gasteiger partial charge on any atom is 0.240 e. The van der Waals surface area contributed by atoms with Gasteiger partial charge in [-0.1, -0.05) is 11.6 Å². The molecule has 0 N–H and O–H groups in total. The fraction of sp³-hybridized carbons (Fsp3) is 0. The number of hydrogen-bond donors (Lipinski definition) is 0. The molecule has 0 fully saturated rings. The number of nitrogens with zero attached hydrogens (tertiary/aromatic N) is 2. The Hall–Kier alpha value is -1.70. The number of isocyanates is 1. The molecule has 4 heteroatoms. The minimum Gasteiger partial charge on any atom is -0.254 e. The van der Waals surface area contributed by atoms with Crippen LogP contribution in [0.1, 0.15) is 0 Å². The Balaban J connectivity index is 2.88. The maximum atomic E-state index is 10.2. The van der Waals surface area contributed by atoms with Crippen LogP contribution in [-0.4, -0.2) is 11.1 Å². The van der Waals surface area contributed by atoms with Crippen molar-refractivity contribution in [2.24, 2.45) is 4.99 Å². The van der Waals surface area contributed by atoms with Crippen LogP contribution in [0.15, 0.2) is 35.5 Å². The van der Waals surface area contributed by atoms with Crippen LogP contribution in [0.25, 0.3) is 10.9 Å². The van der Waals surface area contributed by atoms with E-state index in [-0.39, 0.29) is 0 Å². The zero-order chi connectivity index (χ0) is 9.97. The van der Waals surface area contributed by atoms with E-state index in [9.17, 15) is 4.79 Å². The van der Waals surface area contributed by atoms with E-state index in [0.29, 0.717) is 16.2 Å². The third-order valence-corrected chi connectivity index (χ3v) is 2.19. The van der Waals surface area contributed by atoms with Gasteiger partial charge in [0.1, 0.15) is 5.69 Å². The van der Waals surface area contributed by atoms with Crippen molar-refractivity contribution >= 4 is 34.3 Å². The van der Waals surface area contributed by atoms with Gasteiger partial charge in [0.05, 0.1) is 10.5 Å². The van der Waals surface area contributed by atoms with Gasteiger partial charge in [0.25, 0.3) is 0 Å². The standard InChI is InChI=1S/C10H5ClN2O/c11-8-3-4-9(13-6-14)10-7(8)2-1-5-12-10/h1-5H. The molecule has 68 valence electrons. The minimum atomic E-state index is 0.486. The lowest BCUT2D eigenvalue weighted by Gasteiger charge is -2.00. The molecule has 0 spiro atoms. The molecular weight excluding hydrogens is 200 g/mol. The highest BCUT2D eigenvalue weighted by Gasteiger charge is 2.03. The highest BCUT2D eigenvalue weighted by molar-refractivity contribution is 6.35. The summed E-state index contributed by atoms with van der Waals surface area (Å²) in [7, 11) is 0. The largest absolute Gasteiger partial charge is 0.254 e. The van der Waals surface area contributed by atoms with Gasteiger partial charge >= 0.3 is 0 Å². The smallest absolute Gasteiger partial charge is 0.240 e. The molecule has 0 radical (unpaired) electrons. The van der Waals surface area contributed by atoms with Gasteiger partial charge in [0.15, 0.2) is 0 Å². The van der Waals surface area contributed by atoms with Crippen molar-refractivity contribution in [2.75, 3.05) is 0 Å². The van der Waals surface area contributed by atoms with Crippen LogP contribution in [0.5, 0.6) is 0 Å². The van der Waals surface area contributed by atoms with Crippen LogP contribution >= 0.6 is 11.6 Å². The Kier molecular flexibility index (Phi) is 2.27. The summed E-state index contributed by atoms with van der Waals surface area (Å²) in [5.74, 6) is 0. The topological polar surface area (TPSA) is 42.3 Å². The van der Waals surface area contributed by atoms with E-state index >= 15 is 0 Å². The molecule has 1 aromatic heterocycles. The molecule has 0 aliphatic rings. The van der Waals surface area contributed by atoms with Crippen molar-refractivity contribution in [1.29, 1.82) is 0 Å². The van der Waals surface area contributed by atoms with Gasteiger partial charge in [-0.25, -0.2) is 4.79 Å². The van der Waals surface area contributed by atoms with E-state index in [1.165, 1.54) is 6.08 Å². The summed E-state index contributed by atoms with van der Waals surface area (Å²) in [5.41, 5.74) is 1.10. The molecule has 0 amide bonds.